The summed E-state index contributed by atoms with van der Waals surface area (Å²) in [5.74, 6) is 0.522. The maximum absolute atomic E-state index is 13.5. The number of anilines is 1. The highest BCUT2D eigenvalue weighted by Crippen LogP contribution is 2.38. The summed E-state index contributed by atoms with van der Waals surface area (Å²) in [4.78, 5) is 14.0. The third-order valence-electron chi connectivity index (χ3n) is 5.53. The third kappa shape index (κ3) is 3.74. The highest BCUT2D eigenvalue weighted by Gasteiger charge is 2.33. The van der Waals surface area contributed by atoms with Crippen molar-refractivity contribution in [1.29, 1.82) is 0 Å². The van der Waals surface area contributed by atoms with Gasteiger partial charge in [0.15, 0.2) is 0 Å². The molecule has 2 aromatic heterocycles. The number of aromatic amines is 1. The topological polar surface area (TPSA) is 44.8 Å². The number of nitrogens with one attached hydrogen (secondary N) is 1. The Bertz CT molecular complexity index is 1240. The minimum Gasteiger partial charge on any atom is -0.370 e. The van der Waals surface area contributed by atoms with E-state index in [1.54, 1.807) is 18.3 Å². The van der Waals surface area contributed by atoms with E-state index in [1.165, 1.54) is 6.07 Å². The van der Waals surface area contributed by atoms with E-state index in [-0.39, 0.29) is 0 Å². The summed E-state index contributed by atoms with van der Waals surface area (Å²) in [6, 6.07) is 13.4. The molecule has 4 nitrogen and oxygen atoms in total. The third-order valence-corrected chi connectivity index (χ3v) is 5.84. The maximum atomic E-state index is 13.5. The summed E-state index contributed by atoms with van der Waals surface area (Å²) < 4.78 is 40.4. The standard InChI is InChI=1S/C23H18ClF3N4/c24-17-4-3-9-28-20(17)14-5-7-15(8-6-14)22-29-18-12-16(23(25,26)27)13-19(21(18)30-22)31-10-1-2-11-31/h3-9,12-13H,1-2,10-11H2,(H,29,30). The normalized spacial score (nSPS) is 14.5. The SMILES string of the molecule is FC(F)(F)c1cc(N2CCCC2)c2nc(-c3ccc(-c4ncccc4Cl)cc3)[nH]c2c1. The van der Waals surface area contributed by atoms with Crippen LogP contribution in [-0.4, -0.2) is 28.0 Å². The van der Waals surface area contributed by atoms with Crippen LogP contribution in [0.4, 0.5) is 18.9 Å². The van der Waals surface area contributed by atoms with Crippen LogP contribution in [0.15, 0.2) is 54.7 Å². The molecule has 1 fully saturated rings. The van der Waals surface area contributed by atoms with Crippen molar-refractivity contribution in [2.75, 3.05) is 18.0 Å². The number of fused-ring (bicyclic) bond motifs is 1. The van der Waals surface area contributed by atoms with Gasteiger partial charge in [-0.05, 0) is 37.1 Å². The first-order valence-electron chi connectivity index (χ1n) is 9.97. The fourth-order valence-electron chi connectivity index (χ4n) is 3.98. The molecule has 0 spiro atoms. The second-order valence-electron chi connectivity index (χ2n) is 7.58. The zero-order valence-electron chi connectivity index (χ0n) is 16.4. The number of imidazole rings is 1. The summed E-state index contributed by atoms with van der Waals surface area (Å²) in [6.07, 6.45) is -0.816. The van der Waals surface area contributed by atoms with Crippen LogP contribution in [0.25, 0.3) is 33.7 Å². The highest BCUT2D eigenvalue weighted by molar-refractivity contribution is 6.33. The Morgan fingerprint density at radius 3 is 2.35 bits per heavy atom. The van der Waals surface area contributed by atoms with E-state index in [2.05, 4.69) is 15.0 Å². The molecule has 0 bridgehead atoms. The van der Waals surface area contributed by atoms with Gasteiger partial charge in [-0.1, -0.05) is 35.9 Å². The molecule has 0 saturated carbocycles. The molecule has 31 heavy (non-hydrogen) atoms. The Morgan fingerprint density at radius 1 is 0.968 bits per heavy atom. The van der Waals surface area contributed by atoms with Crippen LogP contribution in [0.1, 0.15) is 18.4 Å². The molecule has 0 unspecified atom stereocenters. The van der Waals surface area contributed by atoms with E-state index < -0.39 is 11.7 Å². The summed E-state index contributed by atoms with van der Waals surface area (Å²) in [5, 5.41) is 0.550. The molecule has 1 aliphatic heterocycles. The Balaban J connectivity index is 1.58. The molecule has 0 atom stereocenters. The van der Waals surface area contributed by atoms with Crippen molar-refractivity contribution in [1.82, 2.24) is 15.0 Å². The molecule has 2 aromatic carbocycles. The van der Waals surface area contributed by atoms with Crippen molar-refractivity contribution in [3.05, 3.63) is 65.3 Å². The predicted molar refractivity (Wildman–Crippen MR) is 116 cm³/mol. The predicted octanol–water partition coefficient (Wildman–Crippen LogP) is 6.56. The lowest BCUT2D eigenvalue weighted by Crippen LogP contribution is -2.19. The van der Waals surface area contributed by atoms with Crippen LogP contribution in [0.3, 0.4) is 0 Å². The fraction of sp³-hybridized carbons (Fsp3) is 0.217. The quantitative estimate of drug-likeness (QED) is 0.390. The van der Waals surface area contributed by atoms with Gasteiger partial charge in [0.25, 0.3) is 0 Å². The average Bonchev–Trinajstić information content (AvgIpc) is 3.43. The molecule has 0 aliphatic carbocycles. The first-order chi connectivity index (χ1) is 14.9. The number of alkyl halides is 3. The van der Waals surface area contributed by atoms with Gasteiger partial charge in [-0.25, -0.2) is 4.98 Å². The number of H-pyrrole nitrogens is 1. The van der Waals surface area contributed by atoms with Gasteiger partial charge < -0.3 is 9.88 Å². The molecule has 0 amide bonds. The summed E-state index contributed by atoms with van der Waals surface area (Å²) >= 11 is 6.22. The molecule has 5 rings (SSSR count). The fourth-order valence-corrected chi connectivity index (χ4v) is 4.21. The van der Waals surface area contributed by atoms with Crippen LogP contribution in [0, 0.1) is 0 Å². The van der Waals surface area contributed by atoms with Crippen molar-refractivity contribution in [2.45, 2.75) is 19.0 Å². The average molecular weight is 443 g/mol. The number of hydrogen-bond acceptors (Lipinski definition) is 3. The molecule has 1 N–H and O–H groups in total. The van der Waals surface area contributed by atoms with Crippen molar-refractivity contribution in [3.63, 3.8) is 0 Å². The zero-order chi connectivity index (χ0) is 21.6. The first-order valence-corrected chi connectivity index (χ1v) is 10.4. The van der Waals surface area contributed by atoms with Gasteiger partial charge in [0, 0.05) is 30.4 Å². The molecular formula is C23H18ClF3N4. The monoisotopic (exact) mass is 442 g/mol. The minimum atomic E-state index is -4.42. The number of aromatic nitrogens is 3. The van der Waals surface area contributed by atoms with Crippen LogP contribution in [-0.2, 0) is 6.18 Å². The van der Waals surface area contributed by atoms with Gasteiger partial charge in [-0.15, -0.1) is 0 Å². The number of nitrogens with zero attached hydrogens (tertiary/aromatic N) is 3. The molecule has 0 radical (unpaired) electrons. The van der Waals surface area contributed by atoms with Crippen LogP contribution in [0.2, 0.25) is 5.02 Å². The minimum absolute atomic E-state index is 0.378. The molecule has 4 aromatic rings. The molecule has 1 aliphatic rings. The smallest absolute Gasteiger partial charge is 0.370 e. The summed E-state index contributed by atoms with van der Waals surface area (Å²) in [7, 11) is 0. The van der Waals surface area contributed by atoms with E-state index in [1.807, 2.05) is 29.2 Å². The van der Waals surface area contributed by atoms with Crippen molar-refractivity contribution < 1.29 is 13.2 Å². The highest BCUT2D eigenvalue weighted by atomic mass is 35.5. The van der Waals surface area contributed by atoms with Gasteiger partial charge in [0.1, 0.15) is 11.3 Å². The Kier molecular flexibility index (Phi) is 4.85. The molecule has 3 heterocycles. The van der Waals surface area contributed by atoms with Crippen LogP contribution < -0.4 is 4.90 Å². The number of hydrogen-bond donors (Lipinski definition) is 1. The number of pyridine rings is 1. The van der Waals surface area contributed by atoms with Gasteiger partial charge >= 0.3 is 6.18 Å². The van der Waals surface area contributed by atoms with Gasteiger partial charge in [0.2, 0.25) is 0 Å². The van der Waals surface area contributed by atoms with Gasteiger partial charge in [-0.3, -0.25) is 4.98 Å². The summed E-state index contributed by atoms with van der Waals surface area (Å²) in [6.45, 7) is 1.47. The number of benzene rings is 2. The van der Waals surface area contributed by atoms with Gasteiger partial charge in [-0.2, -0.15) is 13.2 Å². The Morgan fingerprint density at radius 2 is 1.68 bits per heavy atom. The van der Waals surface area contributed by atoms with Crippen LogP contribution in [0.5, 0.6) is 0 Å². The molecule has 8 heteroatoms. The largest absolute Gasteiger partial charge is 0.416 e. The molecular weight excluding hydrogens is 425 g/mol. The molecule has 1 saturated heterocycles. The second kappa shape index (κ2) is 7.57. The zero-order valence-corrected chi connectivity index (χ0v) is 17.1. The second-order valence-corrected chi connectivity index (χ2v) is 7.99. The van der Waals surface area contributed by atoms with E-state index in [0.717, 1.165) is 43.1 Å². The summed E-state index contributed by atoms with van der Waals surface area (Å²) in [5.41, 5.74) is 3.09. The Labute approximate surface area is 181 Å². The van der Waals surface area contributed by atoms with Crippen LogP contribution >= 0.6 is 11.6 Å². The maximum Gasteiger partial charge on any atom is 0.416 e. The van der Waals surface area contributed by atoms with Gasteiger partial charge in [0.05, 0.1) is 27.5 Å². The first kappa shape index (κ1) is 19.9. The van der Waals surface area contributed by atoms with E-state index >= 15 is 0 Å². The van der Waals surface area contributed by atoms with Crippen molar-refractivity contribution in [3.8, 4) is 22.6 Å². The van der Waals surface area contributed by atoms with E-state index in [9.17, 15) is 13.2 Å². The lowest BCUT2D eigenvalue weighted by Gasteiger charge is -2.19. The van der Waals surface area contributed by atoms with E-state index in [0.29, 0.717) is 33.3 Å². The molecule has 158 valence electrons. The number of rotatable bonds is 3. The lowest BCUT2D eigenvalue weighted by molar-refractivity contribution is -0.137. The lowest BCUT2D eigenvalue weighted by atomic mass is 10.1. The number of halogens is 4. The van der Waals surface area contributed by atoms with Crippen molar-refractivity contribution in [2.24, 2.45) is 0 Å². The Hall–Kier alpha value is -3.06. The van der Waals surface area contributed by atoms with Crippen molar-refractivity contribution >= 4 is 28.3 Å². The van der Waals surface area contributed by atoms with E-state index in [4.69, 9.17) is 11.6 Å².